The highest BCUT2D eigenvalue weighted by Gasteiger charge is 2.18. The number of nitrogens with zero attached hydrogens (tertiary/aromatic N) is 4. The third-order valence-electron chi connectivity index (χ3n) is 4.67. The van der Waals surface area contributed by atoms with Gasteiger partial charge in [0.05, 0.1) is 0 Å². The van der Waals surface area contributed by atoms with Gasteiger partial charge in [-0.05, 0) is 52.3 Å². The number of hydrogen-bond acceptors (Lipinski definition) is 3. The molecule has 4 nitrogen and oxygen atoms in total. The molecule has 0 radical (unpaired) electrons. The van der Waals surface area contributed by atoms with Crippen LogP contribution < -0.4 is 0 Å². The van der Waals surface area contributed by atoms with Gasteiger partial charge in [0.25, 0.3) is 0 Å². The lowest BCUT2D eigenvalue weighted by Gasteiger charge is -2.32. The molecule has 0 bridgehead atoms. The van der Waals surface area contributed by atoms with Crippen molar-refractivity contribution in [2.75, 3.05) is 13.1 Å². The van der Waals surface area contributed by atoms with E-state index in [1.807, 2.05) is 11.6 Å². The molecule has 0 N–H and O–H groups in total. The normalized spacial score (nSPS) is 17.6. The van der Waals surface area contributed by atoms with Crippen molar-refractivity contribution >= 4 is 0 Å². The fourth-order valence-corrected chi connectivity index (χ4v) is 3.32. The second kappa shape index (κ2) is 6.61. The average molecular weight is 298 g/mol. The number of aromatic nitrogens is 3. The average Bonchev–Trinajstić information content (AvgIpc) is 2.96. The predicted molar refractivity (Wildman–Crippen MR) is 89.7 cm³/mol. The standard InChI is InChI=1S/C18H26N4/c1-4-22-18(19-15(3)20-22)17-10-8-16(9-11-17)14(2)21-12-6-5-7-13-21/h8-11,14H,4-7,12-13H2,1-3H3/t14-/m0/s1. The highest BCUT2D eigenvalue weighted by Crippen LogP contribution is 2.26. The number of likely N-dealkylation sites (tertiary alicyclic amines) is 1. The van der Waals surface area contributed by atoms with E-state index in [1.165, 1.54) is 37.9 Å². The topological polar surface area (TPSA) is 34.0 Å². The Morgan fingerprint density at radius 1 is 1.09 bits per heavy atom. The smallest absolute Gasteiger partial charge is 0.158 e. The molecule has 0 saturated carbocycles. The molecule has 2 aromatic rings. The summed E-state index contributed by atoms with van der Waals surface area (Å²) in [6.45, 7) is 9.67. The van der Waals surface area contributed by atoms with E-state index in [0.29, 0.717) is 6.04 Å². The van der Waals surface area contributed by atoms with Gasteiger partial charge in [0.15, 0.2) is 5.82 Å². The summed E-state index contributed by atoms with van der Waals surface area (Å²) in [6, 6.07) is 9.37. The molecule has 0 unspecified atom stereocenters. The minimum absolute atomic E-state index is 0.500. The fraction of sp³-hybridized carbons (Fsp3) is 0.556. The van der Waals surface area contributed by atoms with Crippen LogP contribution in [0.5, 0.6) is 0 Å². The van der Waals surface area contributed by atoms with Gasteiger partial charge in [-0.15, -0.1) is 0 Å². The minimum atomic E-state index is 0.500. The van der Waals surface area contributed by atoms with Gasteiger partial charge < -0.3 is 0 Å². The van der Waals surface area contributed by atoms with Gasteiger partial charge >= 0.3 is 0 Å². The summed E-state index contributed by atoms with van der Waals surface area (Å²) in [7, 11) is 0. The lowest BCUT2D eigenvalue weighted by atomic mass is 10.0. The van der Waals surface area contributed by atoms with Crippen molar-refractivity contribution in [3.63, 3.8) is 0 Å². The van der Waals surface area contributed by atoms with Crippen molar-refractivity contribution < 1.29 is 0 Å². The van der Waals surface area contributed by atoms with Crippen LogP contribution in [-0.4, -0.2) is 32.8 Å². The van der Waals surface area contributed by atoms with E-state index in [1.54, 1.807) is 0 Å². The molecule has 3 rings (SSSR count). The molecule has 118 valence electrons. The van der Waals surface area contributed by atoms with Crippen molar-refractivity contribution in [1.82, 2.24) is 19.7 Å². The largest absolute Gasteiger partial charge is 0.297 e. The van der Waals surface area contributed by atoms with Crippen LogP contribution in [0.2, 0.25) is 0 Å². The zero-order valence-corrected chi connectivity index (χ0v) is 13.9. The molecule has 22 heavy (non-hydrogen) atoms. The van der Waals surface area contributed by atoms with Crippen molar-refractivity contribution in [3.05, 3.63) is 35.7 Å². The summed E-state index contributed by atoms with van der Waals surface area (Å²) in [4.78, 5) is 7.15. The van der Waals surface area contributed by atoms with Crippen LogP contribution >= 0.6 is 0 Å². The van der Waals surface area contributed by atoms with Crippen molar-refractivity contribution in [2.45, 2.75) is 52.6 Å². The van der Waals surface area contributed by atoms with E-state index in [2.05, 4.69) is 53.1 Å². The molecule has 4 heteroatoms. The lowest BCUT2D eigenvalue weighted by molar-refractivity contribution is 0.175. The second-order valence-corrected chi connectivity index (χ2v) is 6.19. The van der Waals surface area contributed by atoms with E-state index >= 15 is 0 Å². The maximum atomic E-state index is 4.56. The number of hydrogen-bond donors (Lipinski definition) is 0. The minimum Gasteiger partial charge on any atom is -0.297 e. The number of benzene rings is 1. The quantitative estimate of drug-likeness (QED) is 0.860. The summed E-state index contributed by atoms with van der Waals surface area (Å²) >= 11 is 0. The fourth-order valence-electron chi connectivity index (χ4n) is 3.32. The molecule has 0 aliphatic carbocycles. The van der Waals surface area contributed by atoms with E-state index in [4.69, 9.17) is 0 Å². The molecule has 1 aliphatic heterocycles. The molecule has 0 spiro atoms. The summed E-state index contributed by atoms with van der Waals surface area (Å²) in [6.07, 6.45) is 4.05. The Labute approximate surface area is 133 Å². The molecule has 1 aromatic carbocycles. The van der Waals surface area contributed by atoms with E-state index < -0.39 is 0 Å². The van der Waals surface area contributed by atoms with Crippen LogP contribution in [0.25, 0.3) is 11.4 Å². The highest BCUT2D eigenvalue weighted by molar-refractivity contribution is 5.55. The molecule has 1 atom stereocenters. The zero-order chi connectivity index (χ0) is 15.5. The third-order valence-corrected chi connectivity index (χ3v) is 4.67. The Morgan fingerprint density at radius 3 is 2.41 bits per heavy atom. The summed E-state index contributed by atoms with van der Waals surface area (Å²) in [5.41, 5.74) is 2.54. The van der Waals surface area contributed by atoms with Gasteiger partial charge in [0.2, 0.25) is 0 Å². The van der Waals surface area contributed by atoms with E-state index in [0.717, 1.165) is 23.8 Å². The first-order valence-electron chi connectivity index (χ1n) is 8.45. The second-order valence-electron chi connectivity index (χ2n) is 6.19. The van der Waals surface area contributed by atoms with E-state index in [9.17, 15) is 0 Å². The van der Waals surface area contributed by atoms with Gasteiger partial charge in [-0.25, -0.2) is 9.67 Å². The summed E-state index contributed by atoms with van der Waals surface area (Å²) < 4.78 is 1.97. The maximum Gasteiger partial charge on any atom is 0.158 e. The zero-order valence-electron chi connectivity index (χ0n) is 13.9. The molecule has 0 amide bonds. The lowest BCUT2D eigenvalue weighted by Crippen LogP contribution is -2.32. The molecular weight excluding hydrogens is 272 g/mol. The van der Waals surface area contributed by atoms with Crippen molar-refractivity contribution in [1.29, 1.82) is 0 Å². The molecule has 1 aliphatic rings. The van der Waals surface area contributed by atoms with Crippen LogP contribution in [0, 0.1) is 6.92 Å². The van der Waals surface area contributed by atoms with Crippen LogP contribution in [0.3, 0.4) is 0 Å². The van der Waals surface area contributed by atoms with Gasteiger partial charge in [-0.2, -0.15) is 5.10 Å². The van der Waals surface area contributed by atoms with Crippen molar-refractivity contribution in [3.8, 4) is 11.4 Å². The van der Waals surface area contributed by atoms with Crippen LogP contribution in [-0.2, 0) is 6.54 Å². The Balaban J connectivity index is 1.80. The Hall–Kier alpha value is -1.68. The SMILES string of the molecule is CCn1nc(C)nc1-c1ccc([C@H](C)N2CCCCC2)cc1. The first kappa shape index (κ1) is 15.2. The molecule has 1 saturated heterocycles. The monoisotopic (exact) mass is 298 g/mol. The Morgan fingerprint density at radius 2 is 1.77 bits per heavy atom. The highest BCUT2D eigenvalue weighted by atomic mass is 15.3. The molecule has 1 fully saturated rings. The van der Waals surface area contributed by atoms with Crippen LogP contribution in [0.1, 0.15) is 50.5 Å². The van der Waals surface area contributed by atoms with Gasteiger partial charge in [-0.3, -0.25) is 4.90 Å². The third kappa shape index (κ3) is 3.07. The first-order valence-corrected chi connectivity index (χ1v) is 8.45. The Bertz CT molecular complexity index is 609. The summed E-state index contributed by atoms with van der Waals surface area (Å²) in [5.74, 6) is 1.81. The molecule has 2 heterocycles. The van der Waals surface area contributed by atoms with Crippen LogP contribution in [0.4, 0.5) is 0 Å². The van der Waals surface area contributed by atoms with Gasteiger partial charge in [-0.1, -0.05) is 30.7 Å². The molecular formula is C18H26N4. The number of rotatable bonds is 4. The maximum absolute atomic E-state index is 4.56. The predicted octanol–water partition coefficient (Wildman–Crippen LogP) is 3.82. The van der Waals surface area contributed by atoms with E-state index in [-0.39, 0.29) is 0 Å². The van der Waals surface area contributed by atoms with Gasteiger partial charge in [0.1, 0.15) is 5.82 Å². The van der Waals surface area contributed by atoms with Crippen molar-refractivity contribution in [2.24, 2.45) is 0 Å². The number of aryl methyl sites for hydroxylation is 2. The van der Waals surface area contributed by atoms with Crippen LogP contribution in [0.15, 0.2) is 24.3 Å². The Kier molecular flexibility index (Phi) is 4.57. The number of piperidine rings is 1. The van der Waals surface area contributed by atoms with Gasteiger partial charge in [0, 0.05) is 18.2 Å². The molecule has 1 aromatic heterocycles. The summed E-state index contributed by atoms with van der Waals surface area (Å²) in [5, 5.41) is 4.43. The first-order chi connectivity index (χ1) is 10.7.